The van der Waals surface area contributed by atoms with Crippen molar-refractivity contribution in [3.05, 3.63) is 78.9 Å². The van der Waals surface area contributed by atoms with Gasteiger partial charge in [-0.2, -0.15) is 0 Å². The van der Waals surface area contributed by atoms with E-state index in [-0.39, 0.29) is 0 Å². The zero-order valence-corrected chi connectivity index (χ0v) is 14.8. The summed E-state index contributed by atoms with van der Waals surface area (Å²) in [5, 5.41) is 6.60. The van der Waals surface area contributed by atoms with Crippen molar-refractivity contribution in [3.8, 4) is 17.1 Å². The summed E-state index contributed by atoms with van der Waals surface area (Å²) in [5.74, 6) is 3.05. The molecular formula is C21H22N4O. The number of ether oxygens (including phenoxy) is 1. The van der Waals surface area contributed by atoms with Crippen molar-refractivity contribution in [1.29, 1.82) is 0 Å². The Labute approximate surface area is 153 Å². The highest BCUT2D eigenvalue weighted by atomic mass is 16.5. The Kier molecular flexibility index (Phi) is 5.83. The molecule has 2 N–H and O–H groups in total. The maximum atomic E-state index is 5.19. The van der Waals surface area contributed by atoms with E-state index < -0.39 is 0 Å². The molecular weight excluding hydrogens is 324 g/mol. The van der Waals surface area contributed by atoms with Crippen molar-refractivity contribution in [2.45, 2.75) is 6.54 Å². The molecule has 0 amide bonds. The highest BCUT2D eigenvalue weighted by molar-refractivity contribution is 5.61. The van der Waals surface area contributed by atoms with Gasteiger partial charge in [0.2, 0.25) is 0 Å². The molecule has 5 heteroatoms. The summed E-state index contributed by atoms with van der Waals surface area (Å²) >= 11 is 0. The number of hydrogen-bond acceptors (Lipinski definition) is 5. The van der Waals surface area contributed by atoms with Gasteiger partial charge in [-0.3, -0.25) is 0 Å². The molecule has 3 aromatic rings. The predicted octanol–water partition coefficient (Wildman–Crippen LogP) is 4.36. The van der Waals surface area contributed by atoms with Crippen LogP contribution in [0.3, 0.4) is 0 Å². The fourth-order valence-corrected chi connectivity index (χ4v) is 2.46. The van der Waals surface area contributed by atoms with Gasteiger partial charge in [-0.05, 0) is 17.7 Å². The van der Waals surface area contributed by atoms with E-state index in [4.69, 9.17) is 4.74 Å². The molecule has 0 unspecified atom stereocenters. The first-order valence-electron chi connectivity index (χ1n) is 8.44. The van der Waals surface area contributed by atoms with Crippen LogP contribution in [0.15, 0.2) is 73.3 Å². The number of rotatable bonds is 8. The average Bonchev–Trinajstić information content (AvgIpc) is 2.71. The van der Waals surface area contributed by atoms with Gasteiger partial charge in [-0.25, -0.2) is 9.97 Å². The largest absolute Gasteiger partial charge is 0.497 e. The highest BCUT2D eigenvalue weighted by Crippen LogP contribution is 2.21. The summed E-state index contributed by atoms with van der Waals surface area (Å²) < 4.78 is 5.19. The Morgan fingerprint density at radius 2 is 1.65 bits per heavy atom. The summed E-state index contributed by atoms with van der Waals surface area (Å²) in [6.07, 6.45) is 1.80. The standard InChI is InChI=1S/C21H22N4O/c1-3-13-22-19-14-20(23-15-16-9-11-18(26-2)12-10-16)25-21(24-19)17-7-5-4-6-8-17/h3-12,14H,1,13,15H2,2H3,(H2,22,23,24,25). The predicted molar refractivity (Wildman–Crippen MR) is 106 cm³/mol. The Morgan fingerprint density at radius 3 is 2.31 bits per heavy atom. The second-order valence-electron chi connectivity index (χ2n) is 5.70. The van der Waals surface area contributed by atoms with Crippen LogP contribution < -0.4 is 15.4 Å². The third-order valence-corrected chi connectivity index (χ3v) is 3.82. The van der Waals surface area contributed by atoms with Crippen LogP contribution in [0, 0.1) is 0 Å². The third kappa shape index (κ3) is 4.60. The van der Waals surface area contributed by atoms with Crippen molar-refractivity contribution in [1.82, 2.24) is 9.97 Å². The summed E-state index contributed by atoms with van der Waals surface area (Å²) in [5.41, 5.74) is 2.12. The molecule has 0 spiro atoms. The lowest BCUT2D eigenvalue weighted by Gasteiger charge is -2.11. The maximum Gasteiger partial charge on any atom is 0.163 e. The van der Waals surface area contributed by atoms with E-state index in [1.54, 1.807) is 13.2 Å². The topological polar surface area (TPSA) is 59.1 Å². The van der Waals surface area contributed by atoms with E-state index in [0.717, 1.165) is 28.5 Å². The van der Waals surface area contributed by atoms with Gasteiger partial charge in [0.25, 0.3) is 0 Å². The van der Waals surface area contributed by atoms with E-state index in [0.29, 0.717) is 18.9 Å². The van der Waals surface area contributed by atoms with Crippen LogP contribution in [0.2, 0.25) is 0 Å². The van der Waals surface area contributed by atoms with E-state index in [2.05, 4.69) is 27.2 Å². The number of methoxy groups -OCH3 is 1. The number of nitrogens with one attached hydrogen (secondary N) is 2. The van der Waals surface area contributed by atoms with Gasteiger partial charge in [0.15, 0.2) is 5.82 Å². The SMILES string of the molecule is C=CCNc1cc(NCc2ccc(OC)cc2)nc(-c2ccccc2)n1. The molecule has 0 aliphatic rings. The molecule has 1 aromatic heterocycles. The lowest BCUT2D eigenvalue weighted by atomic mass is 10.2. The zero-order chi connectivity index (χ0) is 18.2. The van der Waals surface area contributed by atoms with E-state index in [1.807, 2.05) is 60.7 Å². The van der Waals surface area contributed by atoms with Crippen LogP contribution >= 0.6 is 0 Å². The molecule has 0 radical (unpaired) electrons. The lowest BCUT2D eigenvalue weighted by molar-refractivity contribution is 0.414. The molecule has 0 aliphatic heterocycles. The van der Waals surface area contributed by atoms with Gasteiger partial charge < -0.3 is 15.4 Å². The lowest BCUT2D eigenvalue weighted by Crippen LogP contribution is -2.07. The Balaban J connectivity index is 1.81. The van der Waals surface area contributed by atoms with Crippen molar-refractivity contribution in [2.75, 3.05) is 24.3 Å². The summed E-state index contributed by atoms with van der Waals surface area (Å²) in [6, 6.07) is 19.8. The van der Waals surface area contributed by atoms with Gasteiger partial charge in [0, 0.05) is 24.7 Å². The molecule has 0 aliphatic carbocycles. The van der Waals surface area contributed by atoms with Crippen LogP contribution in [0.25, 0.3) is 11.4 Å². The highest BCUT2D eigenvalue weighted by Gasteiger charge is 2.07. The van der Waals surface area contributed by atoms with Crippen LogP contribution in [-0.4, -0.2) is 23.6 Å². The third-order valence-electron chi connectivity index (χ3n) is 3.82. The molecule has 1 heterocycles. The van der Waals surface area contributed by atoms with Crippen LogP contribution in [-0.2, 0) is 6.54 Å². The normalized spacial score (nSPS) is 10.2. The molecule has 0 bridgehead atoms. The van der Waals surface area contributed by atoms with E-state index in [9.17, 15) is 0 Å². The Hall–Kier alpha value is -3.34. The maximum absolute atomic E-state index is 5.19. The molecule has 0 saturated heterocycles. The molecule has 5 nitrogen and oxygen atoms in total. The molecule has 132 valence electrons. The quantitative estimate of drug-likeness (QED) is 0.593. The monoisotopic (exact) mass is 346 g/mol. The minimum absolute atomic E-state index is 0.642. The molecule has 0 fully saturated rings. The van der Waals surface area contributed by atoms with Gasteiger partial charge in [0.1, 0.15) is 17.4 Å². The number of nitrogens with zero attached hydrogens (tertiary/aromatic N) is 2. The summed E-state index contributed by atoms with van der Waals surface area (Å²) in [4.78, 5) is 9.24. The number of anilines is 2. The Morgan fingerprint density at radius 1 is 0.962 bits per heavy atom. The van der Waals surface area contributed by atoms with Crippen LogP contribution in [0.5, 0.6) is 5.75 Å². The number of aromatic nitrogens is 2. The smallest absolute Gasteiger partial charge is 0.163 e. The van der Waals surface area contributed by atoms with Gasteiger partial charge in [-0.1, -0.05) is 48.5 Å². The van der Waals surface area contributed by atoms with Crippen molar-refractivity contribution >= 4 is 11.6 Å². The van der Waals surface area contributed by atoms with Crippen molar-refractivity contribution in [2.24, 2.45) is 0 Å². The molecule has 0 atom stereocenters. The average molecular weight is 346 g/mol. The number of hydrogen-bond donors (Lipinski definition) is 2. The van der Waals surface area contributed by atoms with Crippen molar-refractivity contribution < 1.29 is 4.74 Å². The van der Waals surface area contributed by atoms with Gasteiger partial charge in [0.05, 0.1) is 7.11 Å². The number of benzene rings is 2. The van der Waals surface area contributed by atoms with E-state index >= 15 is 0 Å². The minimum Gasteiger partial charge on any atom is -0.497 e. The summed E-state index contributed by atoms with van der Waals surface area (Å²) in [6.45, 7) is 5.04. The first-order chi connectivity index (χ1) is 12.8. The molecule has 2 aromatic carbocycles. The fourth-order valence-electron chi connectivity index (χ4n) is 2.46. The second-order valence-corrected chi connectivity index (χ2v) is 5.70. The van der Waals surface area contributed by atoms with Crippen molar-refractivity contribution in [3.63, 3.8) is 0 Å². The van der Waals surface area contributed by atoms with E-state index in [1.165, 1.54) is 0 Å². The molecule has 26 heavy (non-hydrogen) atoms. The Bertz CT molecular complexity index is 848. The molecule has 3 rings (SSSR count). The summed E-state index contributed by atoms with van der Waals surface area (Å²) in [7, 11) is 1.66. The van der Waals surface area contributed by atoms with Gasteiger partial charge in [-0.15, -0.1) is 6.58 Å². The first kappa shape index (κ1) is 17.5. The van der Waals surface area contributed by atoms with Crippen LogP contribution in [0.4, 0.5) is 11.6 Å². The van der Waals surface area contributed by atoms with Gasteiger partial charge >= 0.3 is 0 Å². The zero-order valence-electron chi connectivity index (χ0n) is 14.8. The second kappa shape index (κ2) is 8.67. The van der Waals surface area contributed by atoms with Crippen LogP contribution in [0.1, 0.15) is 5.56 Å². The molecule has 0 saturated carbocycles. The fraction of sp³-hybridized carbons (Fsp3) is 0.143. The minimum atomic E-state index is 0.642. The first-order valence-corrected chi connectivity index (χ1v) is 8.44.